The Kier molecular flexibility index (Phi) is 6.20. The SMILES string of the molecule is C=C[C@@H](N)[C@H](CCc1ccccc1)OCc1ccccc1. The van der Waals surface area contributed by atoms with Gasteiger partial charge in [-0.3, -0.25) is 0 Å². The second kappa shape index (κ2) is 8.40. The average Bonchev–Trinajstić information content (AvgIpc) is 2.56. The van der Waals surface area contributed by atoms with Crippen molar-refractivity contribution in [3.8, 4) is 0 Å². The lowest BCUT2D eigenvalue weighted by Gasteiger charge is -2.22. The van der Waals surface area contributed by atoms with Crippen molar-refractivity contribution in [3.05, 3.63) is 84.4 Å². The van der Waals surface area contributed by atoms with Crippen LogP contribution in [-0.2, 0) is 17.8 Å². The molecule has 110 valence electrons. The van der Waals surface area contributed by atoms with Crippen LogP contribution in [0.15, 0.2) is 73.3 Å². The monoisotopic (exact) mass is 281 g/mol. The molecule has 2 heteroatoms. The molecule has 2 atom stereocenters. The van der Waals surface area contributed by atoms with Crippen molar-refractivity contribution in [3.63, 3.8) is 0 Å². The van der Waals surface area contributed by atoms with E-state index in [1.165, 1.54) is 11.1 Å². The smallest absolute Gasteiger partial charge is 0.0769 e. The summed E-state index contributed by atoms with van der Waals surface area (Å²) in [5.41, 5.74) is 8.58. The first-order chi connectivity index (χ1) is 10.3. The predicted octanol–water partition coefficient (Wildman–Crippen LogP) is 3.72. The Morgan fingerprint density at radius 3 is 2.10 bits per heavy atom. The number of rotatable bonds is 8. The lowest BCUT2D eigenvalue weighted by atomic mass is 10.0. The van der Waals surface area contributed by atoms with Crippen LogP contribution in [0.2, 0.25) is 0 Å². The Morgan fingerprint density at radius 2 is 1.52 bits per heavy atom. The van der Waals surface area contributed by atoms with Gasteiger partial charge in [0.1, 0.15) is 0 Å². The molecule has 2 N–H and O–H groups in total. The van der Waals surface area contributed by atoms with Crippen molar-refractivity contribution in [1.82, 2.24) is 0 Å². The van der Waals surface area contributed by atoms with Gasteiger partial charge in [0.15, 0.2) is 0 Å². The zero-order valence-corrected chi connectivity index (χ0v) is 12.3. The summed E-state index contributed by atoms with van der Waals surface area (Å²) in [7, 11) is 0. The van der Waals surface area contributed by atoms with E-state index >= 15 is 0 Å². The fraction of sp³-hybridized carbons (Fsp3) is 0.263. The second-order valence-electron chi connectivity index (χ2n) is 5.17. The summed E-state index contributed by atoms with van der Waals surface area (Å²) in [6.07, 6.45) is 3.61. The van der Waals surface area contributed by atoms with Crippen LogP contribution < -0.4 is 5.73 Å². The van der Waals surface area contributed by atoms with Crippen molar-refractivity contribution >= 4 is 0 Å². The Morgan fingerprint density at radius 1 is 0.952 bits per heavy atom. The van der Waals surface area contributed by atoms with E-state index in [2.05, 4.69) is 43.0 Å². The lowest BCUT2D eigenvalue weighted by Crippen LogP contribution is -2.35. The van der Waals surface area contributed by atoms with Gasteiger partial charge >= 0.3 is 0 Å². The van der Waals surface area contributed by atoms with Crippen LogP contribution in [-0.4, -0.2) is 12.1 Å². The number of nitrogens with two attached hydrogens (primary N) is 1. The molecule has 0 radical (unpaired) electrons. The van der Waals surface area contributed by atoms with E-state index in [-0.39, 0.29) is 12.1 Å². The Labute approximate surface area is 127 Å². The van der Waals surface area contributed by atoms with Crippen LogP contribution in [0.3, 0.4) is 0 Å². The molecule has 0 saturated heterocycles. The molecule has 0 aliphatic heterocycles. The summed E-state index contributed by atoms with van der Waals surface area (Å²) >= 11 is 0. The molecule has 0 heterocycles. The molecule has 0 saturated carbocycles. The molecule has 2 nitrogen and oxygen atoms in total. The molecule has 0 aliphatic carbocycles. The summed E-state index contributed by atoms with van der Waals surface area (Å²) < 4.78 is 6.01. The summed E-state index contributed by atoms with van der Waals surface area (Å²) in [6, 6.07) is 20.4. The van der Waals surface area contributed by atoms with Gasteiger partial charge in [0.2, 0.25) is 0 Å². The highest BCUT2D eigenvalue weighted by molar-refractivity contribution is 5.15. The van der Waals surface area contributed by atoms with Crippen LogP contribution in [0.5, 0.6) is 0 Å². The number of hydrogen-bond acceptors (Lipinski definition) is 2. The highest BCUT2D eigenvalue weighted by Crippen LogP contribution is 2.13. The van der Waals surface area contributed by atoms with Crippen LogP contribution in [0.4, 0.5) is 0 Å². The zero-order valence-electron chi connectivity index (χ0n) is 12.3. The molecular formula is C19H23NO. The average molecular weight is 281 g/mol. The molecule has 0 unspecified atom stereocenters. The van der Waals surface area contributed by atoms with Crippen molar-refractivity contribution in [2.75, 3.05) is 0 Å². The fourth-order valence-electron chi connectivity index (χ4n) is 2.27. The van der Waals surface area contributed by atoms with Gasteiger partial charge in [-0.2, -0.15) is 0 Å². The summed E-state index contributed by atoms with van der Waals surface area (Å²) in [4.78, 5) is 0. The Hall–Kier alpha value is -1.90. The molecule has 0 aromatic heterocycles. The van der Waals surface area contributed by atoms with Crippen LogP contribution in [0.1, 0.15) is 17.5 Å². The van der Waals surface area contributed by atoms with Crippen LogP contribution in [0, 0.1) is 0 Å². The quantitative estimate of drug-likeness (QED) is 0.748. The summed E-state index contributed by atoms with van der Waals surface area (Å²) in [5.74, 6) is 0. The predicted molar refractivity (Wildman–Crippen MR) is 88.0 cm³/mol. The van der Waals surface area contributed by atoms with E-state index in [9.17, 15) is 0 Å². The minimum absolute atomic E-state index is 0.0112. The van der Waals surface area contributed by atoms with E-state index in [0.29, 0.717) is 6.61 Å². The van der Waals surface area contributed by atoms with Crippen molar-refractivity contribution in [2.45, 2.75) is 31.6 Å². The van der Waals surface area contributed by atoms with E-state index in [1.807, 2.05) is 24.3 Å². The van der Waals surface area contributed by atoms with Crippen LogP contribution >= 0.6 is 0 Å². The fourth-order valence-corrected chi connectivity index (χ4v) is 2.27. The maximum Gasteiger partial charge on any atom is 0.0769 e. The molecule has 0 amide bonds. The minimum Gasteiger partial charge on any atom is -0.372 e. The molecule has 2 rings (SSSR count). The summed E-state index contributed by atoms with van der Waals surface area (Å²) in [5, 5.41) is 0. The van der Waals surface area contributed by atoms with E-state index < -0.39 is 0 Å². The Bertz CT molecular complexity index is 480. The second-order valence-corrected chi connectivity index (χ2v) is 5.17. The third-order valence-electron chi connectivity index (χ3n) is 3.57. The number of benzene rings is 2. The first-order valence-corrected chi connectivity index (χ1v) is 7.37. The van der Waals surface area contributed by atoms with Crippen LogP contribution in [0.25, 0.3) is 0 Å². The Balaban J connectivity index is 1.90. The van der Waals surface area contributed by atoms with Gasteiger partial charge in [-0.05, 0) is 24.0 Å². The highest BCUT2D eigenvalue weighted by Gasteiger charge is 2.15. The van der Waals surface area contributed by atoms with Gasteiger partial charge in [-0.1, -0.05) is 66.7 Å². The summed E-state index contributed by atoms with van der Waals surface area (Å²) in [6.45, 7) is 4.37. The molecule has 2 aromatic carbocycles. The maximum atomic E-state index is 6.10. The standard InChI is InChI=1S/C19H23NO/c1-2-18(20)19(14-13-16-9-5-3-6-10-16)21-15-17-11-7-4-8-12-17/h2-12,18-19H,1,13-15,20H2/t18-,19+/m1/s1. The molecule has 0 fully saturated rings. The van der Waals surface area contributed by atoms with Gasteiger partial charge in [0, 0.05) is 6.04 Å². The highest BCUT2D eigenvalue weighted by atomic mass is 16.5. The molecule has 0 bridgehead atoms. The molecule has 0 aliphatic rings. The number of ether oxygens (including phenoxy) is 1. The van der Waals surface area contributed by atoms with Gasteiger partial charge in [-0.25, -0.2) is 0 Å². The molecule has 0 spiro atoms. The minimum atomic E-state index is -0.141. The normalized spacial score (nSPS) is 13.6. The van der Waals surface area contributed by atoms with Crippen molar-refractivity contribution in [1.29, 1.82) is 0 Å². The third-order valence-corrected chi connectivity index (χ3v) is 3.57. The molecule has 2 aromatic rings. The van der Waals surface area contributed by atoms with E-state index in [0.717, 1.165) is 12.8 Å². The van der Waals surface area contributed by atoms with Gasteiger partial charge in [0.05, 0.1) is 12.7 Å². The van der Waals surface area contributed by atoms with Gasteiger partial charge < -0.3 is 10.5 Å². The molecular weight excluding hydrogens is 258 g/mol. The third kappa shape index (κ3) is 5.18. The van der Waals surface area contributed by atoms with Gasteiger partial charge in [0.25, 0.3) is 0 Å². The van der Waals surface area contributed by atoms with E-state index in [4.69, 9.17) is 10.5 Å². The largest absolute Gasteiger partial charge is 0.372 e. The molecule has 21 heavy (non-hydrogen) atoms. The van der Waals surface area contributed by atoms with E-state index in [1.54, 1.807) is 6.08 Å². The van der Waals surface area contributed by atoms with Crippen molar-refractivity contribution < 1.29 is 4.74 Å². The number of hydrogen-bond donors (Lipinski definition) is 1. The number of aryl methyl sites for hydroxylation is 1. The maximum absolute atomic E-state index is 6.10. The van der Waals surface area contributed by atoms with Gasteiger partial charge in [-0.15, -0.1) is 6.58 Å². The first kappa shape index (κ1) is 15.5. The zero-order chi connectivity index (χ0) is 14.9. The topological polar surface area (TPSA) is 35.2 Å². The lowest BCUT2D eigenvalue weighted by molar-refractivity contribution is 0.0274. The van der Waals surface area contributed by atoms with Crippen molar-refractivity contribution in [2.24, 2.45) is 5.73 Å². The first-order valence-electron chi connectivity index (χ1n) is 7.37.